The summed E-state index contributed by atoms with van der Waals surface area (Å²) in [5.74, 6) is -2.33. The maximum Gasteiger partial charge on any atom is 0.490 e. The van der Waals surface area contributed by atoms with Crippen LogP contribution in [0, 0.1) is 0 Å². The first kappa shape index (κ1) is 38.1. The monoisotopic (exact) mass is 673 g/mol. The highest BCUT2D eigenvalue weighted by molar-refractivity contribution is 7.20. The number of carbonyl (C=O) groups excluding carboxylic acids is 3. The Bertz CT molecular complexity index is 1330. The van der Waals surface area contributed by atoms with Gasteiger partial charge < -0.3 is 35.4 Å². The molecule has 5 N–H and O–H groups in total. The minimum absolute atomic E-state index is 0.240. The average Bonchev–Trinajstić information content (AvgIpc) is 3.38. The predicted octanol–water partition coefficient (Wildman–Crippen LogP) is 5.39. The number of hydrogen-bond acceptors (Lipinski definition) is 8. The van der Waals surface area contributed by atoms with E-state index in [-0.39, 0.29) is 11.9 Å². The van der Waals surface area contributed by atoms with Gasteiger partial charge in [-0.1, -0.05) is 13.8 Å². The Balaban J connectivity index is 0.000000942. The fraction of sp³-hybridized carbons (Fsp3) is 0.533. The number of likely N-dealkylation sites (tertiary alicyclic amines) is 1. The van der Waals surface area contributed by atoms with Crippen molar-refractivity contribution in [3.05, 3.63) is 35.9 Å². The summed E-state index contributed by atoms with van der Waals surface area (Å²) in [5, 5.41) is 13.1. The van der Waals surface area contributed by atoms with Gasteiger partial charge in [0, 0.05) is 30.6 Å². The van der Waals surface area contributed by atoms with E-state index in [0.717, 1.165) is 48.7 Å². The SMILES string of the molecule is CCN(CC)CCOc1ccc(-c2cc(C(=O)NC3CCCN(C(=O)OC(C)(C)C)C3)c(NC(N)=O)s2)cc1.O=C(O)C(F)(F)F. The van der Waals surface area contributed by atoms with Gasteiger partial charge in [0.1, 0.15) is 23.0 Å². The Morgan fingerprint density at radius 1 is 1.11 bits per heavy atom. The maximum atomic E-state index is 13.3. The summed E-state index contributed by atoms with van der Waals surface area (Å²) < 4.78 is 43.1. The molecule has 0 aliphatic carbocycles. The number of thiophene rings is 1. The van der Waals surface area contributed by atoms with Crippen molar-refractivity contribution in [2.45, 2.75) is 65.3 Å². The quantitative estimate of drug-likeness (QED) is 0.261. The van der Waals surface area contributed by atoms with Gasteiger partial charge in [0.05, 0.1) is 5.56 Å². The number of likely N-dealkylation sites (N-methyl/N-ethyl adjacent to an activating group) is 1. The van der Waals surface area contributed by atoms with E-state index in [9.17, 15) is 27.6 Å². The first-order valence-corrected chi connectivity index (χ1v) is 15.5. The van der Waals surface area contributed by atoms with Crippen molar-refractivity contribution in [3.63, 3.8) is 0 Å². The summed E-state index contributed by atoms with van der Waals surface area (Å²) in [6.07, 6.45) is -4.00. The number of anilines is 1. The van der Waals surface area contributed by atoms with Crippen LogP contribution in [-0.4, -0.2) is 96.1 Å². The van der Waals surface area contributed by atoms with Crippen molar-refractivity contribution >= 4 is 40.3 Å². The number of nitrogens with one attached hydrogen (secondary N) is 2. The molecule has 0 saturated carbocycles. The van der Waals surface area contributed by atoms with Crippen LogP contribution in [0.15, 0.2) is 30.3 Å². The van der Waals surface area contributed by atoms with E-state index in [1.807, 2.05) is 45.0 Å². The zero-order valence-electron chi connectivity index (χ0n) is 26.5. The molecule has 1 aliphatic heterocycles. The molecule has 0 spiro atoms. The Kier molecular flexibility index (Phi) is 14.1. The van der Waals surface area contributed by atoms with Crippen LogP contribution >= 0.6 is 11.3 Å². The van der Waals surface area contributed by atoms with E-state index in [1.165, 1.54) is 11.3 Å². The molecule has 256 valence electrons. The third-order valence-electron chi connectivity index (χ3n) is 6.57. The van der Waals surface area contributed by atoms with E-state index in [0.29, 0.717) is 30.3 Å². The number of benzene rings is 1. The van der Waals surface area contributed by atoms with Crippen LogP contribution in [0.3, 0.4) is 0 Å². The van der Waals surface area contributed by atoms with Crippen molar-refractivity contribution in [1.29, 1.82) is 0 Å². The largest absolute Gasteiger partial charge is 0.492 e. The second kappa shape index (κ2) is 17.0. The molecule has 0 radical (unpaired) electrons. The minimum Gasteiger partial charge on any atom is -0.492 e. The lowest BCUT2D eigenvalue weighted by Crippen LogP contribution is -2.50. The molecule has 0 bridgehead atoms. The summed E-state index contributed by atoms with van der Waals surface area (Å²) in [5.41, 5.74) is 6.00. The molecule has 1 aromatic heterocycles. The number of rotatable bonds is 10. The number of urea groups is 1. The fourth-order valence-corrected chi connectivity index (χ4v) is 5.37. The summed E-state index contributed by atoms with van der Waals surface area (Å²) in [7, 11) is 0. The molecule has 1 fully saturated rings. The molecule has 2 aromatic rings. The van der Waals surface area contributed by atoms with E-state index < -0.39 is 29.9 Å². The van der Waals surface area contributed by atoms with E-state index in [4.69, 9.17) is 25.1 Å². The Hall–Kier alpha value is -4.05. The standard InChI is InChI=1S/C28H41N5O5S.C2HF3O2/c1-6-32(7-2)15-16-37-21-12-10-19(11-13-21)23-17-22(25(39-23)31-26(29)35)24(34)30-20-9-8-14-33(18-20)27(36)38-28(3,4)5;3-2(4,5)1(6)7/h10-13,17,20H,6-9,14-16,18H2,1-5H3,(H,30,34)(H3,29,31,35);(H,6,7). The lowest BCUT2D eigenvalue weighted by Gasteiger charge is -2.34. The highest BCUT2D eigenvalue weighted by Crippen LogP contribution is 2.36. The van der Waals surface area contributed by atoms with Gasteiger partial charge in [-0.3, -0.25) is 10.1 Å². The molecule has 16 heteroatoms. The number of carboxylic acid groups (broad SMARTS) is 1. The van der Waals surface area contributed by atoms with Gasteiger partial charge in [0.25, 0.3) is 5.91 Å². The lowest BCUT2D eigenvalue weighted by molar-refractivity contribution is -0.192. The van der Waals surface area contributed by atoms with Crippen molar-refractivity contribution in [2.24, 2.45) is 5.73 Å². The first-order chi connectivity index (χ1) is 21.4. The van der Waals surface area contributed by atoms with Gasteiger partial charge in [-0.25, -0.2) is 14.4 Å². The number of alkyl halides is 3. The lowest BCUT2D eigenvalue weighted by atomic mass is 10.1. The highest BCUT2D eigenvalue weighted by Gasteiger charge is 2.38. The molecular formula is C30H42F3N5O7S. The molecule has 12 nitrogen and oxygen atoms in total. The van der Waals surface area contributed by atoms with Gasteiger partial charge in [-0.15, -0.1) is 11.3 Å². The van der Waals surface area contributed by atoms with Crippen molar-refractivity contribution in [2.75, 3.05) is 44.6 Å². The van der Waals surface area contributed by atoms with Crippen molar-refractivity contribution in [1.82, 2.24) is 15.1 Å². The smallest absolute Gasteiger partial charge is 0.490 e. The predicted molar refractivity (Wildman–Crippen MR) is 168 cm³/mol. The van der Waals surface area contributed by atoms with E-state index in [2.05, 4.69) is 29.4 Å². The van der Waals surface area contributed by atoms with Gasteiger partial charge in [-0.05, 0) is 82.6 Å². The molecular weight excluding hydrogens is 631 g/mol. The maximum absolute atomic E-state index is 13.3. The number of amides is 4. The third kappa shape index (κ3) is 12.7. The van der Waals surface area contributed by atoms with Gasteiger partial charge in [0.15, 0.2) is 0 Å². The highest BCUT2D eigenvalue weighted by atomic mass is 32.1. The number of aliphatic carboxylic acids is 1. The molecule has 1 atom stereocenters. The zero-order chi connectivity index (χ0) is 34.7. The second-order valence-corrected chi connectivity index (χ2v) is 12.3. The number of hydrogen-bond donors (Lipinski definition) is 4. The van der Waals surface area contributed by atoms with Gasteiger partial charge in [0.2, 0.25) is 0 Å². The molecule has 46 heavy (non-hydrogen) atoms. The van der Waals surface area contributed by atoms with Crippen LogP contribution in [0.4, 0.5) is 27.8 Å². The average molecular weight is 674 g/mol. The number of ether oxygens (including phenoxy) is 2. The number of primary amides is 1. The summed E-state index contributed by atoms with van der Waals surface area (Å²) in [6, 6.07) is 8.40. The van der Waals surface area contributed by atoms with Crippen LogP contribution < -0.4 is 21.1 Å². The van der Waals surface area contributed by atoms with Crippen LogP contribution in [-0.2, 0) is 9.53 Å². The fourth-order valence-electron chi connectivity index (χ4n) is 4.30. The van der Waals surface area contributed by atoms with Crippen molar-refractivity contribution in [3.8, 4) is 16.2 Å². The first-order valence-electron chi connectivity index (χ1n) is 14.7. The number of nitrogens with zero attached hydrogens (tertiary/aromatic N) is 2. The molecule has 3 rings (SSSR count). The second-order valence-electron chi connectivity index (χ2n) is 11.3. The number of carbonyl (C=O) groups is 4. The molecule has 1 unspecified atom stereocenters. The molecule has 1 aliphatic rings. The molecule has 4 amide bonds. The summed E-state index contributed by atoms with van der Waals surface area (Å²) in [6.45, 7) is 14.1. The van der Waals surface area contributed by atoms with Crippen molar-refractivity contribution < 1.29 is 46.9 Å². The normalized spacial score (nSPS) is 15.0. The summed E-state index contributed by atoms with van der Waals surface area (Å²) >= 11 is 1.27. The van der Waals surface area contributed by atoms with E-state index >= 15 is 0 Å². The third-order valence-corrected chi connectivity index (χ3v) is 7.67. The van der Waals surface area contributed by atoms with Crippen LogP contribution in [0.5, 0.6) is 5.75 Å². The number of halogens is 3. The Morgan fingerprint density at radius 3 is 2.24 bits per heavy atom. The molecule has 1 aromatic carbocycles. The number of nitrogens with two attached hydrogens (primary N) is 1. The Labute approximate surface area is 270 Å². The van der Waals surface area contributed by atoms with Gasteiger partial charge >= 0.3 is 24.3 Å². The topological polar surface area (TPSA) is 164 Å². The molecule has 1 saturated heterocycles. The zero-order valence-corrected chi connectivity index (χ0v) is 27.3. The number of piperidine rings is 1. The van der Waals surface area contributed by atoms with Crippen LogP contribution in [0.25, 0.3) is 10.4 Å². The molecule has 2 heterocycles. The van der Waals surface area contributed by atoms with Crippen LogP contribution in [0.2, 0.25) is 0 Å². The summed E-state index contributed by atoms with van der Waals surface area (Å²) in [4.78, 5) is 51.1. The minimum atomic E-state index is -5.08. The van der Waals surface area contributed by atoms with Gasteiger partial charge in [-0.2, -0.15) is 13.2 Å². The number of carboxylic acids is 1. The Morgan fingerprint density at radius 2 is 1.72 bits per heavy atom. The van der Waals surface area contributed by atoms with Crippen LogP contribution in [0.1, 0.15) is 57.8 Å². The van der Waals surface area contributed by atoms with E-state index in [1.54, 1.807) is 11.0 Å².